The van der Waals surface area contributed by atoms with E-state index in [4.69, 9.17) is 0 Å². The molecule has 0 amide bonds. The van der Waals surface area contributed by atoms with Gasteiger partial charge in [0, 0.05) is 5.54 Å². The highest BCUT2D eigenvalue weighted by Crippen LogP contribution is 2.33. The van der Waals surface area contributed by atoms with Gasteiger partial charge in [0.05, 0.1) is 0 Å². The monoisotopic (exact) mass is 270 g/mol. The lowest BCUT2D eigenvalue weighted by Crippen LogP contribution is -2.48. The van der Waals surface area contributed by atoms with Crippen LogP contribution in [0.15, 0.2) is 12.3 Å². The number of hydrogen-bond donors (Lipinski definition) is 0. The van der Waals surface area contributed by atoms with Gasteiger partial charge in [-0.05, 0) is 46.8 Å². The first kappa shape index (κ1) is 13.2. The zero-order valence-electron chi connectivity index (χ0n) is 10.7. The average Bonchev–Trinajstić information content (AvgIpc) is 2.44. The van der Waals surface area contributed by atoms with E-state index in [0.717, 1.165) is 0 Å². The summed E-state index contributed by atoms with van der Waals surface area (Å²) < 4.78 is 0. The van der Waals surface area contributed by atoms with E-state index in [1.54, 1.807) is 0 Å². The van der Waals surface area contributed by atoms with Crippen LogP contribution in [0.25, 0.3) is 0 Å². The van der Waals surface area contributed by atoms with E-state index >= 15 is 0 Å². The Labute approximate surface area is 103 Å². The third kappa shape index (κ3) is 2.82. The minimum atomic E-state index is 0.212. The summed E-state index contributed by atoms with van der Waals surface area (Å²) in [5, 5.41) is 0. The molecule has 84 valence electrons. The second-order valence-corrected chi connectivity index (χ2v) is 6.51. The fourth-order valence-corrected chi connectivity index (χ4v) is 2.79. The van der Waals surface area contributed by atoms with Gasteiger partial charge >= 0.3 is 5.67 Å². The van der Waals surface area contributed by atoms with Crippen molar-refractivity contribution in [2.75, 3.05) is 14.1 Å². The van der Waals surface area contributed by atoms with Crippen LogP contribution in [-0.2, 0) is 0 Å². The van der Waals surface area contributed by atoms with E-state index in [-0.39, 0.29) is 5.54 Å². The van der Waals surface area contributed by atoms with Gasteiger partial charge in [-0.3, -0.25) is 0 Å². The third-order valence-electron chi connectivity index (χ3n) is 3.05. The summed E-state index contributed by atoms with van der Waals surface area (Å²) in [6.45, 7) is 9.63. The zero-order valence-corrected chi connectivity index (χ0v) is 12.2. The lowest BCUT2D eigenvalue weighted by atomic mass is 9.41. The van der Waals surface area contributed by atoms with Crippen molar-refractivity contribution < 1.29 is 0 Å². The highest BCUT2D eigenvalue weighted by molar-refractivity contribution is 9.24. The molecule has 1 rings (SSSR count). The van der Waals surface area contributed by atoms with Gasteiger partial charge < -0.3 is 9.62 Å². The Morgan fingerprint density at radius 1 is 1.40 bits per heavy atom. The molecular formula is C10H21B2BrN2. The average molecular weight is 271 g/mol. The molecule has 1 aliphatic rings. The van der Waals surface area contributed by atoms with Crippen LogP contribution in [0.5, 0.6) is 0 Å². The van der Waals surface area contributed by atoms with E-state index in [2.05, 4.69) is 79.3 Å². The lowest BCUT2D eigenvalue weighted by molar-refractivity contribution is 0.327. The van der Waals surface area contributed by atoms with Gasteiger partial charge in [-0.1, -0.05) is 12.9 Å². The van der Waals surface area contributed by atoms with Crippen molar-refractivity contribution in [1.82, 2.24) is 9.62 Å². The van der Waals surface area contributed by atoms with Crippen LogP contribution < -0.4 is 0 Å². The number of nitrogens with zero attached hydrogens (tertiary/aromatic N) is 2. The van der Waals surface area contributed by atoms with Gasteiger partial charge in [0.2, 0.25) is 0 Å². The highest BCUT2D eigenvalue weighted by Gasteiger charge is 2.40. The quantitative estimate of drug-likeness (QED) is 0.712. The zero-order chi connectivity index (χ0) is 11.8. The molecular weight excluding hydrogens is 250 g/mol. The van der Waals surface area contributed by atoms with Gasteiger partial charge in [-0.25, -0.2) is 0 Å². The van der Waals surface area contributed by atoms with E-state index < -0.39 is 0 Å². The van der Waals surface area contributed by atoms with E-state index in [1.165, 1.54) is 0 Å². The Balaban J connectivity index is 2.73. The van der Waals surface area contributed by atoms with Crippen molar-refractivity contribution in [1.29, 1.82) is 0 Å². The Hall–Kier alpha value is 0.110. The smallest absolute Gasteiger partial charge is 0.303 e. The summed E-state index contributed by atoms with van der Waals surface area (Å²) in [7, 11) is 4.22. The normalized spacial score (nSPS) is 21.7. The highest BCUT2D eigenvalue weighted by atomic mass is 79.9. The molecule has 0 radical (unpaired) electrons. The summed E-state index contributed by atoms with van der Waals surface area (Å²) in [5.41, 5.74) is 1.18. The number of halogens is 1. The summed E-state index contributed by atoms with van der Waals surface area (Å²) in [6.07, 6.45) is 4.56. The Bertz CT molecular complexity index is 250. The maximum Gasteiger partial charge on any atom is 0.303 e. The van der Waals surface area contributed by atoms with E-state index in [0.29, 0.717) is 18.2 Å². The summed E-state index contributed by atoms with van der Waals surface area (Å²) in [4.78, 5) is 4.66. The molecule has 15 heavy (non-hydrogen) atoms. The summed E-state index contributed by atoms with van der Waals surface area (Å²) >= 11 is 3.75. The molecule has 0 fully saturated rings. The lowest BCUT2D eigenvalue weighted by Gasteiger charge is -2.38. The molecule has 0 saturated carbocycles. The van der Waals surface area contributed by atoms with Crippen molar-refractivity contribution >= 4 is 28.3 Å². The Kier molecular flexibility index (Phi) is 3.99. The molecule has 0 aromatic carbocycles. The van der Waals surface area contributed by atoms with Gasteiger partial charge in [0.1, 0.15) is 0 Å². The molecule has 5 heteroatoms. The van der Waals surface area contributed by atoms with Crippen molar-refractivity contribution in [2.24, 2.45) is 0 Å². The molecule has 0 bridgehead atoms. The number of rotatable bonds is 2. The van der Waals surface area contributed by atoms with E-state index in [9.17, 15) is 0 Å². The van der Waals surface area contributed by atoms with Crippen molar-refractivity contribution in [3.63, 3.8) is 0 Å². The first-order valence-corrected chi connectivity index (χ1v) is 6.44. The number of allylic oxidation sites excluding steroid dienone is 1. The van der Waals surface area contributed by atoms with Crippen LogP contribution in [0.3, 0.4) is 0 Å². The summed E-state index contributed by atoms with van der Waals surface area (Å²) in [5.74, 6) is 0. The fraction of sp³-hybridized carbons (Fsp3) is 0.800. The Morgan fingerprint density at radius 3 is 2.27 bits per heavy atom. The Morgan fingerprint density at radius 2 is 1.93 bits per heavy atom. The molecule has 1 heterocycles. The number of hydrogen-bond acceptors (Lipinski definition) is 2. The van der Waals surface area contributed by atoms with Crippen LogP contribution in [0.4, 0.5) is 0 Å². The molecule has 0 saturated heterocycles. The van der Waals surface area contributed by atoms with Crippen LogP contribution in [0, 0.1) is 0 Å². The second kappa shape index (κ2) is 4.54. The van der Waals surface area contributed by atoms with Crippen LogP contribution in [0.1, 0.15) is 20.8 Å². The summed E-state index contributed by atoms with van der Waals surface area (Å²) in [6, 6.07) is 0. The second-order valence-electron chi connectivity index (χ2n) is 5.57. The first-order chi connectivity index (χ1) is 6.75. The minimum absolute atomic E-state index is 0.212. The molecule has 0 aromatic rings. The predicted octanol–water partition coefficient (Wildman–Crippen LogP) is 2.59. The van der Waals surface area contributed by atoms with Gasteiger partial charge in [0.25, 0.3) is 6.85 Å². The molecule has 0 aliphatic carbocycles. The largest absolute Gasteiger partial charge is 0.417 e. The molecule has 0 spiro atoms. The van der Waals surface area contributed by atoms with E-state index in [1.807, 2.05) is 0 Å². The molecule has 1 atom stereocenters. The molecule has 2 nitrogen and oxygen atoms in total. The van der Waals surface area contributed by atoms with Gasteiger partial charge in [0.15, 0.2) is 0 Å². The van der Waals surface area contributed by atoms with Gasteiger partial charge in [-0.15, -0.1) is 15.8 Å². The van der Waals surface area contributed by atoms with Crippen molar-refractivity contribution in [3.05, 3.63) is 12.3 Å². The maximum atomic E-state index is 3.75. The molecule has 0 N–H and O–H groups in total. The van der Waals surface area contributed by atoms with Crippen molar-refractivity contribution in [2.45, 2.75) is 38.8 Å². The SMILES string of the molecule is CB1C(B(Br)N(C)C)C=CN1C(C)(C)C. The molecule has 1 unspecified atom stereocenters. The third-order valence-corrected chi connectivity index (χ3v) is 4.48. The standard InChI is InChI=1S/C10H21B2BrN2/c1-10(2,3)15-8-7-9(11(15)4)12(13)14(5)6/h7-9H,1-6H3. The topological polar surface area (TPSA) is 6.48 Å². The minimum Gasteiger partial charge on any atom is -0.417 e. The van der Waals surface area contributed by atoms with Gasteiger partial charge in [-0.2, -0.15) is 0 Å². The van der Waals surface area contributed by atoms with Crippen LogP contribution in [0.2, 0.25) is 12.5 Å². The van der Waals surface area contributed by atoms with Crippen LogP contribution in [-0.4, -0.2) is 41.8 Å². The maximum absolute atomic E-state index is 3.75. The fourth-order valence-electron chi connectivity index (χ4n) is 2.17. The predicted molar refractivity (Wildman–Crippen MR) is 74.5 cm³/mol. The first-order valence-electron chi connectivity index (χ1n) is 5.52. The molecule has 1 aliphatic heterocycles. The molecule has 0 aromatic heterocycles. The van der Waals surface area contributed by atoms with Crippen LogP contribution >= 0.6 is 15.8 Å². The van der Waals surface area contributed by atoms with Crippen molar-refractivity contribution in [3.8, 4) is 0 Å².